The minimum Gasteiger partial charge on any atom is -0.394 e. The van der Waals surface area contributed by atoms with Crippen LogP contribution in [0.15, 0.2) is 0 Å². The van der Waals surface area contributed by atoms with Gasteiger partial charge in [0, 0.05) is 7.11 Å². The monoisotopic (exact) mass is 680 g/mol. The Balaban J connectivity index is 1.43. The Hall–Kier alpha value is -0.840. The smallest absolute Gasteiger partial charge is 0.187 e. The SMILES string of the molecule is CO[C@H]1C(CO)O[C@@H](O[C@H]2C(CO)O[C@@H](O[C@H]3C(CO)O[C@@H](O[C@H]4C(CO)O[C@@H](O)C(O)[C@H]4O)C(O)[C@H]3O)C(O)[C@H]2O)C(O)[C@H]1O. The number of aliphatic hydroxyl groups is 13. The predicted molar refractivity (Wildman–Crippen MR) is 139 cm³/mol. The van der Waals surface area contributed by atoms with Gasteiger partial charge in [-0.3, -0.25) is 0 Å². The fourth-order valence-corrected chi connectivity index (χ4v) is 5.82. The molecule has 0 aliphatic carbocycles. The molecule has 0 aromatic carbocycles. The number of methoxy groups -OCH3 is 1. The summed E-state index contributed by atoms with van der Waals surface area (Å²) in [6.45, 7) is -3.21. The van der Waals surface area contributed by atoms with E-state index in [0.29, 0.717) is 0 Å². The third-order valence-electron chi connectivity index (χ3n) is 8.45. The minimum absolute atomic E-state index is 0.647. The maximum atomic E-state index is 10.9. The lowest BCUT2D eigenvalue weighted by Crippen LogP contribution is -2.67. The maximum absolute atomic E-state index is 10.9. The molecule has 0 aromatic rings. The van der Waals surface area contributed by atoms with E-state index in [1.54, 1.807) is 0 Å². The summed E-state index contributed by atoms with van der Waals surface area (Å²) in [5, 5.41) is 133. The lowest BCUT2D eigenvalue weighted by atomic mass is 9.95. The Morgan fingerprint density at radius 1 is 0.391 bits per heavy atom. The first-order chi connectivity index (χ1) is 21.8. The van der Waals surface area contributed by atoms with Crippen LogP contribution in [0, 0.1) is 0 Å². The highest BCUT2D eigenvalue weighted by Gasteiger charge is 2.55. The molecule has 0 aromatic heterocycles. The molecular formula is C25H44O21. The Morgan fingerprint density at radius 2 is 0.674 bits per heavy atom. The average molecular weight is 681 g/mol. The van der Waals surface area contributed by atoms with Crippen molar-refractivity contribution in [2.45, 2.75) is 123 Å². The van der Waals surface area contributed by atoms with Gasteiger partial charge in [-0.1, -0.05) is 0 Å². The van der Waals surface area contributed by atoms with E-state index in [1.807, 2.05) is 0 Å². The van der Waals surface area contributed by atoms with Crippen LogP contribution in [0.5, 0.6) is 0 Å². The van der Waals surface area contributed by atoms with Gasteiger partial charge in [-0.2, -0.15) is 0 Å². The molecule has 21 heteroatoms. The number of hydrogen-bond acceptors (Lipinski definition) is 21. The lowest BCUT2D eigenvalue weighted by Gasteiger charge is -2.49. The van der Waals surface area contributed by atoms with Crippen LogP contribution in [0.25, 0.3) is 0 Å². The van der Waals surface area contributed by atoms with Crippen molar-refractivity contribution in [1.29, 1.82) is 0 Å². The van der Waals surface area contributed by atoms with E-state index in [2.05, 4.69) is 0 Å². The summed E-state index contributed by atoms with van der Waals surface area (Å²) < 4.78 is 43.2. The van der Waals surface area contributed by atoms with Crippen LogP contribution in [0.2, 0.25) is 0 Å². The van der Waals surface area contributed by atoms with Gasteiger partial charge in [0.2, 0.25) is 0 Å². The second-order valence-corrected chi connectivity index (χ2v) is 11.4. The predicted octanol–water partition coefficient (Wildman–Crippen LogP) is -9.09. The normalized spacial score (nSPS) is 52.0. The van der Waals surface area contributed by atoms with E-state index in [1.165, 1.54) is 7.11 Å². The van der Waals surface area contributed by atoms with Crippen molar-refractivity contribution in [3.05, 3.63) is 0 Å². The van der Waals surface area contributed by atoms with Crippen LogP contribution in [0.3, 0.4) is 0 Å². The van der Waals surface area contributed by atoms with Crippen LogP contribution >= 0.6 is 0 Å². The first-order valence-electron chi connectivity index (χ1n) is 14.5. The van der Waals surface area contributed by atoms with Gasteiger partial charge in [0.15, 0.2) is 25.2 Å². The van der Waals surface area contributed by atoms with Crippen molar-refractivity contribution in [3.8, 4) is 0 Å². The Labute approximate surface area is 261 Å². The van der Waals surface area contributed by atoms with Crippen molar-refractivity contribution < 1.29 is 104 Å². The van der Waals surface area contributed by atoms with Crippen LogP contribution in [0.4, 0.5) is 0 Å². The van der Waals surface area contributed by atoms with Crippen LogP contribution in [-0.2, 0) is 37.9 Å². The molecule has 20 atom stereocenters. The summed E-state index contributed by atoms with van der Waals surface area (Å²) >= 11 is 0. The fourth-order valence-electron chi connectivity index (χ4n) is 5.82. The lowest BCUT2D eigenvalue weighted by molar-refractivity contribution is -0.387. The molecule has 4 aliphatic heterocycles. The number of rotatable bonds is 11. The Kier molecular flexibility index (Phi) is 13.4. The van der Waals surface area contributed by atoms with E-state index in [-0.39, 0.29) is 0 Å². The van der Waals surface area contributed by atoms with Gasteiger partial charge >= 0.3 is 0 Å². The zero-order valence-corrected chi connectivity index (χ0v) is 24.5. The highest BCUT2D eigenvalue weighted by Crippen LogP contribution is 2.34. The second-order valence-electron chi connectivity index (χ2n) is 11.4. The molecule has 8 unspecified atom stereocenters. The van der Waals surface area contributed by atoms with Gasteiger partial charge in [0.25, 0.3) is 0 Å². The van der Waals surface area contributed by atoms with Crippen LogP contribution in [-0.4, -0.2) is 223 Å². The van der Waals surface area contributed by atoms with Gasteiger partial charge in [-0.25, -0.2) is 0 Å². The molecule has 0 radical (unpaired) electrons. The minimum atomic E-state index is -2.00. The summed E-state index contributed by atoms with van der Waals surface area (Å²) in [5.74, 6) is 0. The molecule has 0 bridgehead atoms. The summed E-state index contributed by atoms with van der Waals surface area (Å²) in [4.78, 5) is 0. The van der Waals surface area contributed by atoms with Crippen LogP contribution < -0.4 is 0 Å². The van der Waals surface area contributed by atoms with Crippen molar-refractivity contribution in [1.82, 2.24) is 0 Å². The third kappa shape index (κ3) is 7.50. The van der Waals surface area contributed by atoms with E-state index in [0.717, 1.165) is 0 Å². The van der Waals surface area contributed by atoms with Gasteiger partial charge in [0.1, 0.15) is 97.7 Å². The highest BCUT2D eigenvalue weighted by atomic mass is 16.8. The van der Waals surface area contributed by atoms with Gasteiger partial charge in [-0.05, 0) is 0 Å². The van der Waals surface area contributed by atoms with Gasteiger partial charge in [-0.15, -0.1) is 0 Å². The molecule has 0 saturated carbocycles. The fraction of sp³-hybridized carbons (Fsp3) is 1.00. The van der Waals surface area contributed by atoms with E-state index >= 15 is 0 Å². The molecule has 4 rings (SSSR count). The zero-order valence-electron chi connectivity index (χ0n) is 24.5. The number of hydrogen-bond donors (Lipinski definition) is 13. The van der Waals surface area contributed by atoms with Crippen molar-refractivity contribution >= 4 is 0 Å². The quantitative estimate of drug-likeness (QED) is 0.0963. The van der Waals surface area contributed by atoms with E-state index in [4.69, 9.17) is 37.9 Å². The highest BCUT2D eigenvalue weighted by molar-refractivity contribution is 4.97. The Morgan fingerprint density at radius 3 is 1.00 bits per heavy atom. The summed E-state index contributed by atoms with van der Waals surface area (Å²) in [6.07, 6.45) is -33.8. The molecule has 13 N–H and O–H groups in total. The largest absolute Gasteiger partial charge is 0.394 e. The van der Waals surface area contributed by atoms with E-state index in [9.17, 15) is 66.4 Å². The van der Waals surface area contributed by atoms with Crippen molar-refractivity contribution in [2.75, 3.05) is 33.5 Å². The van der Waals surface area contributed by atoms with Crippen molar-refractivity contribution in [3.63, 3.8) is 0 Å². The van der Waals surface area contributed by atoms with Gasteiger partial charge < -0.3 is 104 Å². The molecule has 4 aliphatic rings. The molecule has 4 fully saturated rings. The first kappa shape index (κ1) is 38.0. The standard InChI is InChI=1S/C25H44O21/c1-39-18-6(2-26)41-23(15(35)11(18)31)45-20-8(4-28)43-25(17(37)13(20)33)46-21-9(5-29)42-24(16(36)12(21)32)44-19-7(3-27)40-22(38)14(34)10(19)30/h6-38H,2-5H2,1H3/t6?,7?,8?,9?,10-,11-,12-,13-,14?,15?,16?,17?,18+,19+,20+,21+,22-,23+,24+,25+/m1/s1. The third-order valence-corrected chi connectivity index (χ3v) is 8.45. The molecular weight excluding hydrogens is 636 g/mol. The molecule has 4 saturated heterocycles. The molecule has 46 heavy (non-hydrogen) atoms. The molecule has 0 amide bonds. The van der Waals surface area contributed by atoms with Gasteiger partial charge in [0.05, 0.1) is 26.4 Å². The van der Waals surface area contributed by atoms with E-state index < -0.39 is 149 Å². The average Bonchev–Trinajstić information content (AvgIpc) is 3.05. The Bertz CT molecular complexity index is 926. The summed E-state index contributed by atoms with van der Waals surface area (Å²) in [5.41, 5.74) is 0. The van der Waals surface area contributed by atoms with Crippen molar-refractivity contribution in [2.24, 2.45) is 0 Å². The summed E-state index contributed by atoms with van der Waals surface area (Å²) in [6, 6.07) is 0. The molecule has 21 nitrogen and oxygen atoms in total. The van der Waals surface area contributed by atoms with Crippen LogP contribution in [0.1, 0.15) is 0 Å². The summed E-state index contributed by atoms with van der Waals surface area (Å²) in [7, 11) is 1.21. The topological polar surface area (TPSA) is 337 Å². The molecule has 0 spiro atoms. The zero-order chi connectivity index (χ0) is 34.0. The molecule has 4 heterocycles. The second kappa shape index (κ2) is 16.2. The maximum Gasteiger partial charge on any atom is 0.187 e. The number of aliphatic hydroxyl groups excluding tert-OH is 13. The molecule has 270 valence electrons. The first-order valence-corrected chi connectivity index (χ1v) is 14.5. The number of ether oxygens (including phenoxy) is 8.